The Kier molecular flexibility index (Phi) is 8.07. The maximum atomic E-state index is 6.21. The quantitative estimate of drug-likeness (QED) is 0.167. The van der Waals surface area contributed by atoms with Crippen LogP contribution in [0.4, 0.5) is 0 Å². The molecule has 0 aliphatic heterocycles. The maximum Gasteiger partial charge on any atom is 0.215 e. The molecule has 9 rings (SSSR count). The van der Waals surface area contributed by atoms with Gasteiger partial charge in [-0.15, -0.1) is 53.6 Å². The van der Waals surface area contributed by atoms with Crippen LogP contribution >= 0.6 is 0 Å². The number of rotatable bonds is 3. The molecule has 0 spiro atoms. The fourth-order valence-electron chi connectivity index (χ4n) is 5.81. The van der Waals surface area contributed by atoms with Crippen LogP contribution in [0, 0.1) is 32.9 Å². The zero-order valence-corrected chi connectivity index (χ0v) is 28.4. The molecule has 5 nitrogen and oxygen atoms in total. The van der Waals surface area contributed by atoms with Gasteiger partial charge in [-0.2, -0.15) is 0 Å². The molecule has 1 radical (unpaired) electrons. The predicted molar refractivity (Wildman–Crippen MR) is 185 cm³/mol. The Balaban J connectivity index is 0.000000186. The fraction of sp³-hybridized carbons (Fsp3) is 0.0732. The van der Waals surface area contributed by atoms with Gasteiger partial charge in [-0.1, -0.05) is 84.1 Å². The molecular formula is C41H29IrN3O2-2. The molecule has 6 heteroatoms. The van der Waals surface area contributed by atoms with Crippen LogP contribution < -0.4 is 0 Å². The number of pyridine rings is 1. The molecule has 0 unspecified atom stereocenters. The van der Waals surface area contributed by atoms with E-state index in [0.29, 0.717) is 5.71 Å². The van der Waals surface area contributed by atoms with Crippen LogP contribution in [-0.2, 0) is 20.1 Å². The molecule has 4 heterocycles. The van der Waals surface area contributed by atoms with Gasteiger partial charge < -0.3 is 18.2 Å². The Morgan fingerprint density at radius 1 is 0.660 bits per heavy atom. The summed E-state index contributed by atoms with van der Waals surface area (Å²) in [5.74, 6) is 0.755. The van der Waals surface area contributed by atoms with Crippen LogP contribution in [0.15, 0.2) is 130 Å². The van der Waals surface area contributed by atoms with Crippen LogP contribution in [0.1, 0.15) is 16.7 Å². The zero-order valence-electron chi connectivity index (χ0n) is 26.0. The van der Waals surface area contributed by atoms with E-state index < -0.39 is 0 Å². The molecule has 0 bridgehead atoms. The number of hydrogen-bond donors (Lipinski definition) is 0. The average Bonchev–Trinajstić information content (AvgIpc) is 3.79. The second-order valence-corrected chi connectivity index (χ2v) is 11.5. The minimum Gasteiger partial charge on any atom is -0.501 e. The topological polar surface area (TPSA) is 56.5 Å². The van der Waals surface area contributed by atoms with Crippen molar-refractivity contribution in [2.45, 2.75) is 20.8 Å². The number of benzene rings is 5. The van der Waals surface area contributed by atoms with Crippen LogP contribution in [0.3, 0.4) is 0 Å². The van der Waals surface area contributed by atoms with Gasteiger partial charge in [-0.05, 0) is 54.4 Å². The van der Waals surface area contributed by atoms with Crippen LogP contribution in [0.25, 0.3) is 72.5 Å². The molecule has 0 atom stereocenters. The molecule has 0 saturated carbocycles. The van der Waals surface area contributed by atoms with E-state index in [1.165, 1.54) is 16.7 Å². The second-order valence-electron chi connectivity index (χ2n) is 11.5. The SMILES string of the molecule is Cc1c[c-]c(-c2cc(C)c(C)cn2)cc1.[Ir].[c-]1ccc2c(oc3ccccc32)c1-c1ncc2oc3cc(-c4ccccc4)ccc3n12. The van der Waals surface area contributed by atoms with E-state index in [2.05, 4.69) is 97.5 Å². The summed E-state index contributed by atoms with van der Waals surface area (Å²) in [5.41, 5.74) is 13.0. The Morgan fingerprint density at radius 3 is 2.30 bits per heavy atom. The third-order valence-electron chi connectivity index (χ3n) is 8.43. The third-order valence-corrected chi connectivity index (χ3v) is 8.43. The van der Waals surface area contributed by atoms with Crippen molar-refractivity contribution < 1.29 is 28.9 Å². The van der Waals surface area contributed by atoms with Crippen LogP contribution in [0.2, 0.25) is 0 Å². The molecule has 0 fully saturated rings. The summed E-state index contributed by atoms with van der Waals surface area (Å²) in [6.07, 6.45) is 3.67. The Labute approximate surface area is 285 Å². The summed E-state index contributed by atoms with van der Waals surface area (Å²) in [6, 6.07) is 43.4. The number of imidazole rings is 1. The van der Waals surface area contributed by atoms with Gasteiger partial charge >= 0.3 is 0 Å². The van der Waals surface area contributed by atoms with Gasteiger partial charge in [-0.25, -0.2) is 0 Å². The van der Waals surface area contributed by atoms with Crippen molar-refractivity contribution in [2.75, 3.05) is 0 Å². The number of furan rings is 1. The van der Waals surface area contributed by atoms with Crippen molar-refractivity contribution in [2.24, 2.45) is 0 Å². The molecule has 231 valence electrons. The number of aryl methyl sites for hydroxylation is 3. The predicted octanol–water partition coefficient (Wildman–Crippen LogP) is 10.6. The van der Waals surface area contributed by atoms with Crippen molar-refractivity contribution in [1.82, 2.24) is 14.4 Å². The number of aromatic nitrogens is 3. The molecule has 0 saturated heterocycles. The summed E-state index contributed by atoms with van der Waals surface area (Å²) in [4.78, 5) is 9.06. The molecular weight excluding hydrogens is 759 g/mol. The molecule has 0 aliphatic carbocycles. The minimum atomic E-state index is 0. The van der Waals surface area contributed by atoms with Gasteiger partial charge in [-0.3, -0.25) is 4.98 Å². The Hall–Kier alpha value is -5.29. The maximum absolute atomic E-state index is 6.21. The summed E-state index contributed by atoms with van der Waals surface area (Å²) < 4.78 is 14.4. The third kappa shape index (κ3) is 5.56. The number of nitrogens with zero attached hydrogens (tertiary/aromatic N) is 3. The standard InChI is InChI=1S/C27H15N2O2.C14H14N.Ir/c1-2-7-17(8-3-1)18-13-14-22-24(15-18)30-25-16-28-27(29(22)25)21-11-6-10-20-19-9-4-5-12-23(19)31-26(20)21;1-10-4-6-13(7-5-10)14-8-11(2)12(3)9-15-14;/h1-10,12-16H;4-6,8-9H,1-3H3;/q2*-1;. The van der Waals surface area contributed by atoms with Gasteiger partial charge in [0.1, 0.15) is 5.58 Å². The smallest absolute Gasteiger partial charge is 0.215 e. The first-order chi connectivity index (χ1) is 22.5. The second kappa shape index (κ2) is 12.5. The monoisotopic (exact) mass is 788 g/mol. The number of fused-ring (bicyclic) bond motifs is 6. The Morgan fingerprint density at radius 2 is 1.49 bits per heavy atom. The first-order valence-corrected chi connectivity index (χ1v) is 15.2. The van der Waals surface area contributed by atoms with Crippen LogP contribution in [-0.4, -0.2) is 14.4 Å². The average molecular weight is 788 g/mol. The molecule has 47 heavy (non-hydrogen) atoms. The van der Waals surface area contributed by atoms with Crippen molar-refractivity contribution in [3.8, 4) is 33.8 Å². The normalized spacial score (nSPS) is 11.1. The van der Waals surface area contributed by atoms with Crippen molar-refractivity contribution in [3.63, 3.8) is 0 Å². The van der Waals surface area contributed by atoms with Crippen molar-refractivity contribution in [3.05, 3.63) is 150 Å². The summed E-state index contributed by atoms with van der Waals surface area (Å²) in [6.45, 7) is 6.24. The molecule has 4 aromatic heterocycles. The fourth-order valence-corrected chi connectivity index (χ4v) is 5.81. The van der Waals surface area contributed by atoms with Crippen LogP contribution in [0.5, 0.6) is 0 Å². The van der Waals surface area contributed by atoms with Crippen molar-refractivity contribution in [1.29, 1.82) is 0 Å². The van der Waals surface area contributed by atoms with E-state index in [4.69, 9.17) is 8.83 Å². The summed E-state index contributed by atoms with van der Waals surface area (Å²) in [7, 11) is 0. The van der Waals surface area contributed by atoms with E-state index in [1.54, 1.807) is 6.20 Å². The molecule has 0 N–H and O–H groups in total. The zero-order chi connectivity index (χ0) is 31.2. The van der Waals surface area contributed by atoms with E-state index >= 15 is 0 Å². The van der Waals surface area contributed by atoms with E-state index in [-0.39, 0.29) is 20.1 Å². The molecule has 0 aliphatic rings. The van der Waals surface area contributed by atoms with Gasteiger partial charge in [0, 0.05) is 31.7 Å². The van der Waals surface area contributed by atoms with E-state index in [9.17, 15) is 0 Å². The van der Waals surface area contributed by atoms with Crippen molar-refractivity contribution >= 4 is 38.8 Å². The molecule has 0 amide bonds. The number of oxazole rings is 1. The van der Waals surface area contributed by atoms with Gasteiger partial charge in [0.2, 0.25) is 5.71 Å². The largest absolute Gasteiger partial charge is 0.501 e. The summed E-state index contributed by atoms with van der Waals surface area (Å²) >= 11 is 0. The van der Waals surface area contributed by atoms with Gasteiger partial charge in [0.15, 0.2) is 5.58 Å². The van der Waals surface area contributed by atoms with E-state index in [0.717, 1.165) is 66.8 Å². The minimum absolute atomic E-state index is 0. The molecule has 5 aromatic carbocycles. The van der Waals surface area contributed by atoms with Gasteiger partial charge in [0.05, 0.1) is 23.1 Å². The molecule has 9 aromatic rings. The first-order valence-electron chi connectivity index (χ1n) is 15.2. The Bertz CT molecular complexity index is 2510. The number of hydrogen-bond acceptors (Lipinski definition) is 4. The van der Waals surface area contributed by atoms with E-state index in [1.807, 2.05) is 65.2 Å². The number of para-hydroxylation sites is 1. The summed E-state index contributed by atoms with van der Waals surface area (Å²) in [5, 5.41) is 2.14. The van der Waals surface area contributed by atoms with Gasteiger partial charge in [0.25, 0.3) is 0 Å². The first kappa shape index (κ1) is 30.4.